The Balaban J connectivity index is 1.93. The van der Waals surface area contributed by atoms with E-state index in [0.29, 0.717) is 6.42 Å². The predicted molar refractivity (Wildman–Crippen MR) is 72.9 cm³/mol. The minimum Gasteiger partial charge on any atom is -0.508 e. The Kier molecular flexibility index (Phi) is 4.80. The molecule has 1 saturated heterocycles. The van der Waals surface area contributed by atoms with Gasteiger partial charge in [0.1, 0.15) is 5.75 Å². The Hall–Kier alpha value is -1.55. The van der Waals surface area contributed by atoms with Gasteiger partial charge < -0.3 is 15.1 Å². The normalized spacial score (nSPS) is 18.8. The summed E-state index contributed by atoms with van der Waals surface area (Å²) in [7, 11) is 0. The summed E-state index contributed by atoms with van der Waals surface area (Å²) >= 11 is 0. The van der Waals surface area contributed by atoms with Gasteiger partial charge in [-0.25, -0.2) is 0 Å². The Labute approximate surface area is 113 Å². The largest absolute Gasteiger partial charge is 0.508 e. The topological polar surface area (TPSA) is 60.8 Å². The number of amides is 1. The van der Waals surface area contributed by atoms with Gasteiger partial charge in [0.15, 0.2) is 0 Å². The van der Waals surface area contributed by atoms with Gasteiger partial charge in [-0.1, -0.05) is 12.1 Å². The summed E-state index contributed by atoms with van der Waals surface area (Å²) in [5, 5.41) is 18.1. The number of rotatable bonds is 5. The van der Waals surface area contributed by atoms with Crippen molar-refractivity contribution in [3.05, 3.63) is 29.8 Å². The van der Waals surface area contributed by atoms with Crippen molar-refractivity contribution in [2.45, 2.75) is 38.1 Å². The van der Waals surface area contributed by atoms with E-state index in [-0.39, 0.29) is 24.3 Å². The van der Waals surface area contributed by atoms with Gasteiger partial charge in [0.2, 0.25) is 5.91 Å². The van der Waals surface area contributed by atoms with E-state index >= 15 is 0 Å². The molecule has 4 heteroatoms. The van der Waals surface area contributed by atoms with Crippen LogP contribution in [0.25, 0.3) is 0 Å². The third kappa shape index (κ3) is 3.70. The summed E-state index contributed by atoms with van der Waals surface area (Å²) in [6.07, 6.45) is 4.13. The molecule has 1 aromatic rings. The standard InChI is InChI=1S/C15H21NO3/c17-10-2-4-13-3-1-9-16(13)15(19)11-12-5-7-14(18)8-6-12/h5-8,13,17-18H,1-4,9-11H2. The van der Waals surface area contributed by atoms with Crippen LogP contribution in [0.2, 0.25) is 0 Å². The molecule has 0 saturated carbocycles. The molecule has 19 heavy (non-hydrogen) atoms. The van der Waals surface area contributed by atoms with Crippen LogP contribution in [0, 0.1) is 0 Å². The SMILES string of the molecule is O=C(Cc1ccc(O)cc1)N1CCCC1CCCO. The summed E-state index contributed by atoms with van der Waals surface area (Å²) in [6, 6.07) is 7.07. The summed E-state index contributed by atoms with van der Waals surface area (Å²) in [5.41, 5.74) is 0.926. The maximum atomic E-state index is 12.3. The number of aromatic hydroxyl groups is 1. The van der Waals surface area contributed by atoms with Crippen molar-refractivity contribution in [2.75, 3.05) is 13.2 Å². The van der Waals surface area contributed by atoms with Gasteiger partial charge in [-0.05, 0) is 43.4 Å². The minimum atomic E-state index is 0.145. The zero-order chi connectivity index (χ0) is 13.7. The van der Waals surface area contributed by atoms with Crippen molar-refractivity contribution in [1.29, 1.82) is 0 Å². The molecule has 1 fully saturated rings. The van der Waals surface area contributed by atoms with E-state index in [1.165, 1.54) is 0 Å². The molecule has 0 spiro atoms. The van der Waals surface area contributed by atoms with Crippen molar-refractivity contribution in [3.8, 4) is 5.75 Å². The smallest absolute Gasteiger partial charge is 0.227 e. The fraction of sp³-hybridized carbons (Fsp3) is 0.533. The molecular weight excluding hydrogens is 242 g/mol. The third-order valence-electron chi connectivity index (χ3n) is 3.68. The van der Waals surface area contributed by atoms with Gasteiger partial charge in [0.25, 0.3) is 0 Å². The molecule has 0 bridgehead atoms. The molecule has 1 aliphatic rings. The molecule has 2 N–H and O–H groups in total. The Morgan fingerprint density at radius 2 is 2.05 bits per heavy atom. The highest BCUT2D eigenvalue weighted by Crippen LogP contribution is 2.22. The van der Waals surface area contributed by atoms with Crippen LogP contribution in [0.3, 0.4) is 0 Å². The van der Waals surface area contributed by atoms with E-state index in [1.807, 2.05) is 4.90 Å². The second-order valence-corrected chi connectivity index (χ2v) is 5.09. The maximum absolute atomic E-state index is 12.3. The van der Waals surface area contributed by atoms with Gasteiger partial charge in [-0.2, -0.15) is 0 Å². The lowest BCUT2D eigenvalue weighted by molar-refractivity contribution is -0.131. The van der Waals surface area contributed by atoms with Gasteiger partial charge in [-0.15, -0.1) is 0 Å². The van der Waals surface area contributed by atoms with Crippen molar-refractivity contribution in [1.82, 2.24) is 4.90 Å². The van der Waals surface area contributed by atoms with E-state index in [0.717, 1.165) is 37.8 Å². The number of aliphatic hydroxyl groups is 1. The Morgan fingerprint density at radius 1 is 1.32 bits per heavy atom. The quantitative estimate of drug-likeness (QED) is 0.850. The number of nitrogens with zero attached hydrogens (tertiary/aromatic N) is 1. The molecule has 104 valence electrons. The highest BCUT2D eigenvalue weighted by molar-refractivity contribution is 5.79. The molecule has 1 heterocycles. The molecule has 1 atom stereocenters. The van der Waals surface area contributed by atoms with Crippen LogP contribution in [0.5, 0.6) is 5.75 Å². The van der Waals surface area contributed by atoms with Crippen LogP contribution < -0.4 is 0 Å². The summed E-state index contributed by atoms with van der Waals surface area (Å²) < 4.78 is 0. The van der Waals surface area contributed by atoms with Crippen molar-refractivity contribution in [3.63, 3.8) is 0 Å². The molecule has 2 rings (SSSR count). The van der Waals surface area contributed by atoms with E-state index in [1.54, 1.807) is 24.3 Å². The third-order valence-corrected chi connectivity index (χ3v) is 3.68. The number of phenols is 1. The van der Waals surface area contributed by atoms with Crippen LogP contribution in [0.15, 0.2) is 24.3 Å². The summed E-state index contributed by atoms with van der Waals surface area (Å²) in [5.74, 6) is 0.365. The lowest BCUT2D eigenvalue weighted by Gasteiger charge is -2.24. The monoisotopic (exact) mass is 263 g/mol. The van der Waals surface area contributed by atoms with Crippen LogP contribution in [0.1, 0.15) is 31.2 Å². The number of carbonyl (C=O) groups is 1. The van der Waals surface area contributed by atoms with Crippen LogP contribution in [0.4, 0.5) is 0 Å². The maximum Gasteiger partial charge on any atom is 0.227 e. The van der Waals surface area contributed by atoms with Gasteiger partial charge in [0, 0.05) is 19.2 Å². The lowest BCUT2D eigenvalue weighted by Crippen LogP contribution is -2.36. The number of likely N-dealkylation sites (tertiary alicyclic amines) is 1. The fourth-order valence-electron chi connectivity index (χ4n) is 2.68. The summed E-state index contributed by atoms with van der Waals surface area (Å²) in [4.78, 5) is 14.2. The second-order valence-electron chi connectivity index (χ2n) is 5.09. The number of hydrogen-bond donors (Lipinski definition) is 2. The zero-order valence-corrected chi connectivity index (χ0v) is 11.1. The fourth-order valence-corrected chi connectivity index (χ4v) is 2.68. The molecule has 1 unspecified atom stereocenters. The zero-order valence-electron chi connectivity index (χ0n) is 11.1. The molecule has 0 radical (unpaired) electrons. The molecule has 4 nitrogen and oxygen atoms in total. The molecule has 1 amide bonds. The molecular formula is C15H21NO3. The molecule has 0 aliphatic carbocycles. The first-order chi connectivity index (χ1) is 9.20. The predicted octanol–water partition coefficient (Wildman–Crippen LogP) is 1.70. The van der Waals surface area contributed by atoms with Crippen molar-refractivity contribution >= 4 is 5.91 Å². The van der Waals surface area contributed by atoms with Gasteiger partial charge >= 0.3 is 0 Å². The molecule has 1 aliphatic heterocycles. The summed E-state index contributed by atoms with van der Waals surface area (Å²) in [6.45, 7) is 1.02. The van der Waals surface area contributed by atoms with Crippen LogP contribution in [-0.2, 0) is 11.2 Å². The Bertz CT molecular complexity index is 416. The van der Waals surface area contributed by atoms with Gasteiger partial charge in [0.05, 0.1) is 6.42 Å². The highest BCUT2D eigenvalue weighted by Gasteiger charge is 2.27. The number of benzene rings is 1. The first-order valence-corrected chi connectivity index (χ1v) is 6.89. The van der Waals surface area contributed by atoms with Crippen molar-refractivity contribution in [2.24, 2.45) is 0 Å². The van der Waals surface area contributed by atoms with E-state index in [4.69, 9.17) is 5.11 Å². The first kappa shape index (κ1) is 13.9. The number of phenolic OH excluding ortho intramolecular Hbond substituents is 1. The van der Waals surface area contributed by atoms with Gasteiger partial charge in [-0.3, -0.25) is 4.79 Å². The average Bonchev–Trinajstić information content (AvgIpc) is 2.87. The second kappa shape index (κ2) is 6.57. The molecule has 0 aromatic heterocycles. The molecule has 1 aromatic carbocycles. The van der Waals surface area contributed by atoms with E-state index in [2.05, 4.69) is 0 Å². The highest BCUT2D eigenvalue weighted by atomic mass is 16.3. The number of hydrogen-bond acceptors (Lipinski definition) is 3. The first-order valence-electron chi connectivity index (χ1n) is 6.89. The van der Waals surface area contributed by atoms with E-state index in [9.17, 15) is 9.90 Å². The average molecular weight is 263 g/mol. The number of carbonyl (C=O) groups excluding carboxylic acids is 1. The van der Waals surface area contributed by atoms with Crippen LogP contribution >= 0.6 is 0 Å². The van der Waals surface area contributed by atoms with E-state index < -0.39 is 0 Å². The lowest BCUT2D eigenvalue weighted by atomic mass is 10.1. The van der Waals surface area contributed by atoms with Crippen molar-refractivity contribution < 1.29 is 15.0 Å². The van der Waals surface area contributed by atoms with Crippen LogP contribution in [-0.4, -0.2) is 40.2 Å². The minimum absolute atomic E-state index is 0.145. The number of aliphatic hydroxyl groups excluding tert-OH is 1. The Morgan fingerprint density at radius 3 is 2.74 bits per heavy atom.